The quantitative estimate of drug-likeness (QED) is 0.103. The van der Waals surface area contributed by atoms with Crippen LogP contribution in [-0.2, 0) is 19.2 Å². The molecule has 0 saturated carbocycles. The van der Waals surface area contributed by atoms with Crippen molar-refractivity contribution in [3.63, 3.8) is 0 Å². The number of carboxylic acid groups (broad SMARTS) is 1. The maximum Gasteiger partial charge on any atom is 0.352 e. The van der Waals surface area contributed by atoms with Crippen molar-refractivity contribution in [2.45, 2.75) is 35.5 Å². The number of amides is 2. The first-order valence-corrected chi connectivity index (χ1v) is 13.3. The van der Waals surface area contributed by atoms with Crippen LogP contribution in [0.3, 0.4) is 0 Å². The van der Waals surface area contributed by atoms with Crippen LogP contribution in [0, 0.1) is 0 Å². The first-order valence-electron chi connectivity index (χ1n) is 10.5. The van der Waals surface area contributed by atoms with Crippen LogP contribution in [0.4, 0.5) is 5.13 Å². The number of oxime groups is 1. The number of rotatable bonds is 9. The third kappa shape index (κ3) is 4.78. The number of carboxylic acids is 1. The van der Waals surface area contributed by atoms with Crippen molar-refractivity contribution in [1.82, 2.24) is 40.2 Å². The second-order valence-corrected chi connectivity index (χ2v) is 10.5. The highest BCUT2D eigenvalue weighted by Crippen LogP contribution is 2.41. The number of hydrogen-bond acceptors (Lipinski definition) is 14. The van der Waals surface area contributed by atoms with Crippen molar-refractivity contribution in [3.05, 3.63) is 29.2 Å². The Labute approximate surface area is 215 Å². The number of carbonyl (C=O) groups is 3. The van der Waals surface area contributed by atoms with Crippen molar-refractivity contribution in [3.8, 4) is 0 Å². The van der Waals surface area contributed by atoms with E-state index in [1.165, 1.54) is 28.4 Å². The molecule has 0 aromatic carbocycles. The van der Waals surface area contributed by atoms with Crippen molar-refractivity contribution in [1.29, 1.82) is 0 Å². The number of anilines is 1. The van der Waals surface area contributed by atoms with Crippen LogP contribution >= 0.6 is 35.1 Å². The Morgan fingerprint density at radius 3 is 2.97 bits per heavy atom. The molecule has 2 amide bonds. The molecule has 3 atom stereocenters. The Bertz CT molecular complexity index is 1280. The van der Waals surface area contributed by atoms with Gasteiger partial charge >= 0.3 is 5.97 Å². The summed E-state index contributed by atoms with van der Waals surface area (Å²) in [6, 6.07) is -0.961. The number of tetrazole rings is 1. The van der Waals surface area contributed by atoms with Crippen LogP contribution in [0.2, 0.25) is 0 Å². The summed E-state index contributed by atoms with van der Waals surface area (Å²) in [6.07, 6.45) is 5.05. The number of nitrogens with one attached hydrogen (secondary N) is 2. The lowest BCUT2D eigenvalue weighted by Crippen LogP contribution is -2.71. The number of nitrogens with two attached hydrogens (primary N) is 1. The van der Waals surface area contributed by atoms with Crippen LogP contribution in [-0.4, -0.2) is 92.5 Å². The largest absolute Gasteiger partial charge is 0.477 e. The average molecular weight is 551 g/mol. The van der Waals surface area contributed by atoms with Gasteiger partial charge in [0, 0.05) is 23.0 Å². The molecule has 18 heteroatoms. The van der Waals surface area contributed by atoms with E-state index < -0.39 is 29.2 Å². The van der Waals surface area contributed by atoms with Gasteiger partial charge in [0.1, 0.15) is 23.2 Å². The number of nitrogens with zero attached hydrogens (tertiary/aromatic N) is 7. The van der Waals surface area contributed by atoms with Gasteiger partial charge < -0.3 is 21.0 Å². The summed E-state index contributed by atoms with van der Waals surface area (Å²) in [5.74, 6) is -1.91. The maximum atomic E-state index is 13.1. The molecule has 15 nitrogen and oxygen atoms in total. The lowest BCUT2D eigenvalue weighted by molar-refractivity contribution is -0.150. The minimum absolute atomic E-state index is 0.0239. The van der Waals surface area contributed by atoms with Crippen molar-refractivity contribution >= 4 is 63.7 Å². The zero-order valence-corrected chi connectivity index (χ0v) is 20.7. The molecule has 36 heavy (non-hydrogen) atoms. The first-order chi connectivity index (χ1) is 17.4. The van der Waals surface area contributed by atoms with E-state index in [0.717, 1.165) is 24.4 Å². The van der Waals surface area contributed by atoms with Gasteiger partial charge in [0.25, 0.3) is 11.8 Å². The van der Waals surface area contributed by atoms with Gasteiger partial charge in [-0.2, -0.15) is 9.36 Å². The van der Waals surface area contributed by atoms with Crippen LogP contribution in [0.1, 0.15) is 18.7 Å². The molecule has 3 aliphatic rings. The summed E-state index contributed by atoms with van der Waals surface area (Å²) in [6.45, 7) is 0. The van der Waals surface area contributed by atoms with Crippen LogP contribution in [0.25, 0.3) is 0 Å². The molecule has 2 aromatic rings. The molecule has 4 heterocycles. The molecule has 188 valence electrons. The number of thioether (sulfide) groups is 2. The second kappa shape index (κ2) is 10.2. The molecule has 2 aromatic heterocycles. The number of H-pyrrole nitrogens is 1. The minimum Gasteiger partial charge on any atom is -0.477 e. The summed E-state index contributed by atoms with van der Waals surface area (Å²) >= 11 is 3.46. The highest BCUT2D eigenvalue weighted by atomic mass is 32.2. The Balaban J connectivity index is 1.31. The van der Waals surface area contributed by atoms with E-state index in [1.54, 1.807) is 0 Å². The molecule has 0 radical (unpaired) electrons. The predicted molar refractivity (Wildman–Crippen MR) is 129 cm³/mol. The number of fused-ring (bicyclic) bond motifs is 1. The summed E-state index contributed by atoms with van der Waals surface area (Å²) in [7, 11) is 0. The zero-order chi connectivity index (χ0) is 25.2. The average Bonchev–Trinajstić information content (AvgIpc) is 3.64. The van der Waals surface area contributed by atoms with Crippen LogP contribution in [0.5, 0.6) is 0 Å². The molecule has 1 fully saturated rings. The Kier molecular flexibility index (Phi) is 6.88. The molecule has 5 rings (SSSR count). The van der Waals surface area contributed by atoms with Gasteiger partial charge in [0.2, 0.25) is 16.7 Å². The molecular formula is C18H18N10O5S3. The minimum atomic E-state index is -1.23. The number of aliphatic carboxylic acids is 1. The molecule has 2 aliphatic heterocycles. The smallest absolute Gasteiger partial charge is 0.352 e. The zero-order valence-electron chi connectivity index (χ0n) is 18.2. The summed E-state index contributed by atoms with van der Waals surface area (Å²) in [4.78, 5) is 48.8. The van der Waals surface area contributed by atoms with E-state index in [1.807, 2.05) is 12.2 Å². The van der Waals surface area contributed by atoms with E-state index in [0.29, 0.717) is 16.5 Å². The highest BCUT2D eigenvalue weighted by molar-refractivity contribution is 8.01. The van der Waals surface area contributed by atoms with E-state index >= 15 is 0 Å². The van der Waals surface area contributed by atoms with E-state index in [9.17, 15) is 19.5 Å². The number of carbonyl (C=O) groups excluding carboxylic acids is 2. The molecular weight excluding hydrogens is 532 g/mol. The van der Waals surface area contributed by atoms with Gasteiger partial charge in [-0.25, -0.2) is 9.89 Å². The summed E-state index contributed by atoms with van der Waals surface area (Å²) in [5, 5.41) is 29.7. The first kappa shape index (κ1) is 24.2. The molecule has 5 N–H and O–H groups in total. The fourth-order valence-electron chi connectivity index (χ4n) is 3.70. The Hall–Kier alpha value is -3.51. The topological polar surface area (TPSA) is 215 Å². The third-order valence-electron chi connectivity index (χ3n) is 5.36. The van der Waals surface area contributed by atoms with Gasteiger partial charge in [0.15, 0.2) is 5.13 Å². The van der Waals surface area contributed by atoms with E-state index in [2.05, 4.69) is 40.5 Å². The summed E-state index contributed by atoms with van der Waals surface area (Å²) < 4.78 is 4.03. The van der Waals surface area contributed by atoms with Gasteiger partial charge in [-0.3, -0.25) is 14.5 Å². The Morgan fingerprint density at radius 1 is 1.44 bits per heavy atom. The van der Waals surface area contributed by atoms with Crippen LogP contribution < -0.4 is 11.1 Å². The van der Waals surface area contributed by atoms with Gasteiger partial charge in [-0.05, 0) is 34.9 Å². The fourth-order valence-corrected chi connectivity index (χ4v) is 6.36. The van der Waals surface area contributed by atoms with Gasteiger partial charge in [-0.15, -0.1) is 16.9 Å². The second-order valence-electron chi connectivity index (χ2n) is 7.66. The third-order valence-corrected chi connectivity index (χ3v) is 8.18. The van der Waals surface area contributed by atoms with Crippen molar-refractivity contribution in [2.75, 3.05) is 17.2 Å². The van der Waals surface area contributed by atoms with Crippen LogP contribution in [0.15, 0.2) is 33.7 Å². The molecule has 1 saturated heterocycles. The Morgan fingerprint density at radius 2 is 2.31 bits per heavy atom. The number of β-lactam (4-membered cyclic amide) rings is 1. The highest BCUT2D eigenvalue weighted by Gasteiger charge is 2.54. The monoisotopic (exact) mass is 550 g/mol. The van der Waals surface area contributed by atoms with E-state index in [4.69, 9.17) is 10.6 Å². The lowest BCUT2D eigenvalue weighted by Gasteiger charge is -2.49. The number of aromatic nitrogens is 6. The maximum absolute atomic E-state index is 13.1. The van der Waals surface area contributed by atoms with Crippen molar-refractivity contribution in [2.24, 2.45) is 5.16 Å². The van der Waals surface area contributed by atoms with Crippen molar-refractivity contribution < 1.29 is 24.3 Å². The number of nitrogen functional groups attached to an aromatic ring is 1. The van der Waals surface area contributed by atoms with E-state index in [-0.39, 0.29) is 34.2 Å². The van der Waals surface area contributed by atoms with Gasteiger partial charge in [0.05, 0.1) is 0 Å². The number of hydrogen-bond donors (Lipinski definition) is 4. The molecule has 0 spiro atoms. The predicted octanol–water partition coefficient (Wildman–Crippen LogP) is -0.396. The fraction of sp³-hybridized carbons (Fsp3) is 0.389. The SMILES string of the molecule is Nc1nc(C(=NOC2C=CCC2)C(=O)NC2C(=O)N3C(C(=O)O)=C(CSc4nnn[nH]4)CS[C@@H]23)ns1. The molecule has 1 aliphatic carbocycles. The molecule has 0 bridgehead atoms. The normalized spacial score (nSPS) is 23.4. The van der Waals surface area contributed by atoms with Gasteiger partial charge in [-0.1, -0.05) is 23.0 Å². The lowest BCUT2D eigenvalue weighted by atomic mass is 10.0. The molecule has 2 unspecified atom stereocenters. The number of allylic oxidation sites excluding steroid dienone is 1. The number of aromatic amines is 1. The standard InChI is InChI=1S/C18H18N10O5S3/c19-17-21-12(25-36-17)9(24-33-8-3-1-2-4-8)13(29)20-10-14(30)28-11(16(31)32)7(5-34-15(10)28)6-35-18-22-26-27-23-18/h1,3,8,10,15H,2,4-6H2,(H,20,29)(H,31,32)(H2,19,21,25)(H,22,23,26,27)/t8?,10?,15-/m0/s1. The summed E-state index contributed by atoms with van der Waals surface area (Å²) in [5.41, 5.74) is 5.89.